The van der Waals surface area contributed by atoms with Crippen molar-refractivity contribution in [3.05, 3.63) is 64.1 Å². The summed E-state index contributed by atoms with van der Waals surface area (Å²) in [5, 5.41) is 8.50. The van der Waals surface area contributed by atoms with E-state index in [0.717, 1.165) is 15.6 Å². The quantitative estimate of drug-likeness (QED) is 0.872. The minimum atomic E-state index is -3.67. The Morgan fingerprint density at radius 2 is 1.70 bits per heavy atom. The van der Waals surface area contributed by atoms with Crippen LogP contribution in [0.25, 0.3) is 0 Å². The Balaban J connectivity index is 2.03. The number of hydrogen-bond acceptors (Lipinski definition) is 4. The fourth-order valence-corrected chi connectivity index (χ4v) is 5.39. The maximum Gasteiger partial charge on any atom is 0.184 e. The zero-order chi connectivity index (χ0) is 16.8. The Bertz CT molecular complexity index is 886. The Morgan fingerprint density at radius 3 is 2.22 bits per heavy atom. The summed E-state index contributed by atoms with van der Waals surface area (Å²) >= 11 is 3.34. The van der Waals surface area contributed by atoms with Crippen molar-refractivity contribution in [1.29, 1.82) is 5.26 Å². The maximum atomic E-state index is 12.9. The first kappa shape index (κ1) is 16.2. The van der Waals surface area contributed by atoms with Gasteiger partial charge in [-0.05, 0) is 36.8 Å². The van der Waals surface area contributed by atoms with Crippen molar-refractivity contribution in [2.24, 2.45) is 5.73 Å². The van der Waals surface area contributed by atoms with Crippen molar-refractivity contribution in [3.63, 3.8) is 0 Å². The normalized spacial score (nSPS) is 26.5. The predicted octanol–water partition coefficient (Wildman–Crippen LogP) is 2.92. The number of sulfone groups is 1. The molecular formula is C17H15BrN2O2S. The third-order valence-electron chi connectivity index (χ3n) is 4.29. The molecule has 2 aromatic rings. The highest BCUT2D eigenvalue weighted by molar-refractivity contribution is 9.10. The average molecular weight is 391 g/mol. The number of halogens is 1. The van der Waals surface area contributed by atoms with E-state index in [1.165, 1.54) is 0 Å². The van der Waals surface area contributed by atoms with Crippen molar-refractivity contribution < 1.29 is 8.42 Å². The molecule has 0 radical (unpaired) electrons. The van der Waals surface area contributed by atoms with E-state index in [0.29, 0.717) is 0 Å². The summed E-state index contributed by atoms with van der Waals surface area (Å²) in [4.78, 5) is 0.206. The van der Waals surface area contributed by atoms with Gasteiger partial charge in [0.25, 0.3) is 0 Å². The van der Waals surface area contributed by atoms with Crippen molar-refractivity contribution in [3.8, 4) is 6.07 Å². The number of nitriles is 1. The molecule has 6 heteroatoms. The molecule has 3 rings (SSSR count). The number of rotatable bonds is 3. The molecule has 0 unspecified atom stereocenters. The lowest BCUT2D eigenvalue weighted by Gasteiger charge is -2.05. The van der Waals surface area contributed by atoms with Crippen LogP contribution in [0.5, 0.6) is 0 Å². The summed E-state index contributed by atoms with van der Waals surface area (Å²) in [6.07, 6.45) is 0. The molecular weight excluding hydrogens is 376 g/mol. The lowest BCUT2D eigenvalue weighted by Crippen LogP contribution is -2.29. The number of nitrogens with zero attached hydrogens (tertiary/aromatic N) is 1. The predicted molar refractivity (Wildman–Crippen MR) is 91.6 cm³/mol. The maximum absolute atomic E-state index is 12.9. The molecule has 2 aromatic carbocycles. The molecule has 1 aliphatic rings. The molecule has 0 saturated heterocycles. The number of nitrogens with two attached hydrogens (primary N) is 1. The van der Waals surface area contributed by atoms with Gasteiger partial charge in [-0.15, -0.1) is 0 Å². The first-order chi connectivity index (χ1) is 10.8. The van der Waals surface area contributed by atoms with Gasteiger partial charge in [0.2, 0.25) is 0 Å². The van der Waals surface area contributed by atoms with Crippen LogP contribution in [0, 0.1) is 18.3 Å². The van der Waals surface area contributed by atoms with Crippen LogP contribution in [-0.2, 0) is 9.84 Å². The van der Waals surface area contributed by atoms with Crippen LogP contribution in [0.1, 0.15) is 17.0 Å². The molecule has 0 aliphatic heterocycles. The van der Waals surface area contributed by atoms with Gasteiger partial charge in [-0.25, -0.2) is 8.42 Å². The molecule has 2 N–H and O–H groups in total. The average Bonchev–Trinajstić information content (AvgIpc) is 3.16. The third-order valence-corrected chi connectivity index (χ3v) is 7.07. The second-order valence-electron chi connectivity index (χ2n) is 5.85. The van der Waals surface area contributed by atoms with Gasteiger partial charge in [0.05, 0.1) is 11.0 Å². The van der Waals surface area contributed by atoms with Crippen molar-refractivity contribution in [2.45, 2.75) is 28.5 Å². The van der Waals surface area contributed by atoms with E-state index >= 15 is 0 Å². The molecule has 1 aliphatic carbocycles. The van der Waals surface area contributed by atoms with Crippen LogP contribution in [-0.4, -0.2) is 19.2 Å². The molecule has 0 amide bonds. The van der Waals surface area contributed by atoms with Gasteiger partial charge in [-0.1, -0.05) is 45.8 Å². The monoisotopic (exact) mass is 390 g/mol. The number of benzene rings is 2. The minimum Gasteiger partial charge on any atom is -0.312 e. The van der Waals surface area contributed by atoms with Crippen molar-refractivity contribution in [1.82, 2.24) is 0 Å². The van der Waals surface area contributed by atoms with E-state index in [2.05, 4.69) is 15.9 Å². The van der Waals surface area contributed by atoms with Gasteiger partial charge in [0, 0.05) is 10.4 Å². The summed E-state index contributed by atoms with van der Waals surface area (Å²) in [6, 6.07) is 15.9. The zero-order valence-corrected chi connectivity index (χ0v) is 14.8. The highest BCUT2D eigenvalue weighted by Gasteiger charge is 2.70. The molecule has 23 heavy (non-hydrogen) atoms. The summed E-state index contributed by atoms with van der Waals surface area (Å²) in [7, 11) is -3.67. The van der Waals surface area contributed by atoms with E-state index in [9.17, 15) is 13.7 Å². The summed E-state index contributed by atoms with van der Waals surface area (Å²) in [6.45, 7) is 1.89. The van der Waals surface area contributed by atoms with Crippen molar-refractivity contribution in [2.75, 3.05) is 0 Å². The van der Waals surface area contributed by atoms with Crippen LogP contribution < -0.4 is 5.73 Å². The van der Waals surface area contributed by atoms with Gasteiger partial charge in [-0.2, -0.15) is 5.26 Å². The fraction of sp³-hybridized carbons (Fsp3) is 0.235. The standard InChI is InChI=1S/C17H15BrN2O2S/c1-11-2-8-14(9-3-11)23(21,22)16-15(17(16,20)10-19)12-4-6-13(18)7-5-12/h2-9,15-16H,20H2,1H3/t15-,16-,17+/m1/s1. The smallest absolute Gasteiger partial charge is 0.184 e. The highest BCUT2D eigenvalue weighted by Crippen LogP contribution is 2.55. The van der Waals surface area contributed by atoms with Crippen molar-refractivity contribution >= 4 is 25.8 Å². The first-order valence-corrected chi connectivity index (χ1v) is 9.41. The van der Waals surface area contributed by atoms with E-state index in [4.69, 9.17) is 5.73 Å². The van der Waals surface area contributed by atoms with E-state index in [1.54, 1.807) is 36.4 Å². The molecule has 3 atom stereocenters. The van der Waals surface area contributed by atoms with E-state index < -0.39 is 26.5 Å². The second kappa shape index (κ2) is 5.45. The topological polar surface area (TPSA) is 83.9 Å². The minimum absolute atomic E-state index is 0.206. The van der Waals surface area contributed by atoms with Crippen LogP contribution in [0.2, 0.25) is 0 Å². The van der Waals surface area contributed by atoms with Gasteiger partial charge in [0.1, 0.15) is 10.8 Å². The van der Waals surface area contributed by atoms with Gasteiger partial charge < -0.3 is 5.73 Å². The molecule has 0 aromatic heterocycles. The molecule has 1 fully saturated rings. The van der Waals surface area contributed by atoms with Gasteiger partial charge in [-0.3, -0.25) is 0 Å². The Kier molecular flexibility index (Phi) is 3.83. The molecule has 0 bridgehead atoms. The zero-order valence-electron chi connectivity index (χ0n) is 12.4. The number of aryl methyl sites for hydroxylation is 1. The number of hydrogen-bond donors (Lipinski definition) is 1. The highest BCUT2D eigenvalue weighted by atomic mass is 79.9. The summed E-state index contributed by atoms with van der Waals surface area (Å²) in [5.41, 5.74) is 6.45. The fourth-order valence-electron chi connectivity index (χ4n) is 2.94. The summed E-state index contributed by atoms with van der Waals surface area (Å²) in [5.74, 6) is -0.521. The second-order valence-corrected chi connectivity index (χ2v) is 8.84. The lowest BCUT2D eigenvalue weighted by atomic mass is 10.1. The SMILES string of the molecule is Cc1ccc(S(=O)(=O)[C@@H]2[C@@H](c3ccc(Br)cc3)[C@@]2(N)C#N)cc1. The van der Waals surface area contributed by atoms with Crippen LogP contribution >= 0.6 is 15.9 Å². The lowest BCUT2D eigenvalue weighted by molar-refractivity contribution is 0.592. The van der Waals surface area contributed by atoms with Crippen LogP contribution in [0.15, 0.2) is 57.9 Å². The third kappa shape index (κ3) is 2.59. The van der Waals surface area contributed by atoms with E-state index in [-0.39, 0.29) is 4.90 Å². The molecule has 118 valence electrons. The Morgan fingerprint density at radius 1 is 1.13 bits per heavy atom. The van der Waals surface area contributed by atoms with Gasteiger partial charge in [0.15, 0.2) is 9.84 Å². The Hall–Kier alpha value is -1.68. The van der Waals surface area contributed by atoms with Crippen LogP contribution in [0.3, 0.4) is 0 Å². The largest absolute Gasteiger partial charge is 0.312 e. The Labute approximate surface area is 144 Å². The summed E-state index contributed by atoms with van der Waals surface area (Å²) < 4.78 is 26.7. The molecule has 0 spiro atoms. The van der Waals surface area contributed by atoms with Gasteiger partial charge >= 0.3 is 0 Å². The molecule has 4 nitrogen and oxygen atoms in total. The first-order valence-electron chi connectivity index (χ1n) is 7.07. The molecule has 1 saturated carbocycles. The molecule has 0 heterocycles. The van der Waals surface area contributed by atoms with Crippen LogP contribution in [0.4, 0.5) is 0 Å². The van der Waals surface area contributed by atoms with E-state index in [1.807, 2.05) is 25.1 Å².